The topological polar surface area (TPSA) is 59.0 Å². The SMILES string of the molecule is O=C(CC1CCCN1)NCc1ccccc1-n1cccn1. The normalized spacial score (nSPS) is 17.8. The molecule has 3 rings (SSSR count). The maximum absolute atomic E-state index is 12.0. The summed E-state index contributed by atoms with van der Waals surface area (Å²) < 4.78 is 1.82. The van der Waals surface area contributed by atoms with Crippen LogP contribution in [0.3, 0.4) is 0 Å². The first kappa shape index (κ1) is 13.8. The number of hydrogen-bond donors (Lipinski definition) is 2. The third kappa shape index (κ3) is 3.49. The average molecular weight is 284 g/mol. The second-order valence-electron chi connectivity index (χ2n) is 5.35. The van der Waals surface area contributed by atoms with Crippen molar-refractivity contribution in [2.24, 2.45) is 0 Å². The summed E-state index contributed by atoms with van der Waals surface area (Å²) in [6.07, 6.45) is 6.48. The van der Waals surface area contributed by atoms with Crippen molar-refractivity contribution in [1.29, 1.82) is 0 Å². The summed E-state index contributed by atoms with van der Waals surface area (Å²) >= 11 is 0. The van der Waals surface area contributed by atoms with E-state index in [1.54, 1.807) is 6.20 Å². The van der Waals surface area contributed by atoms with E-state index in [0.29, 0.717) is 19.0 Å². The van der Waals surface area contributed by atoms with Gasteiger partial charge in [0.2, 0.25) is 5.91 Å². The maximum Gasteiger partial charge on any atom is 0.221 e. The van der Waals surface area contributed by atoms with Gasteiger partial charge in [-0.1, -0.05) is 18.2 Å². The van der Waals surface area contributed by atoms with E-state index in [9.17, 15) is 4.79 Å². The average Bonchev–Trinajstić information content (AvgIpc) is 3.18. The van der Waals surface area contributed by atoms with Crippen LogP contribution in [-0.2, 0) is 11.3 Å². The van der Waals surface area contributed by atoms with Gasteiger partial charge in [0.05, 0.1) is 5.69 Å². The summed E-state index contributed by atoms with van der Waals surface area (Å²) in [5, 5.41) is 10.6. The Labute approximate surface area is 124 Å². The number of benzene rings is 1. The Kier molecular flexibility index (Phi) is 4.31. The van der Waals surface area contributed by atoms with Gasteiger partial charge < -0.3 is 10.6 Å². The third-order valence-electron chi connectivity index (χ3n) is 3.81. The number of nitrogens with zero attached hydrogens (tertiary/aromatic N) is 2. The van der Waals surface area contributed by atoms with Crippen LogP contribution in [-0.4, -0.2) is 28.3 Å². The highest BCUT2D eigenvalue weighted by atomic mass is 16.1. The van der Waals surface area contributed by atoms with Gasteiger partial charge in [-0.15, -0.1) is 0 Å². The molecule has 5 nitrogen and oxygen atoms in total. The van der Waals surface area contributed by atoms with Gasteiger partial charge in [0.1, 0.15) is 0 Å². The summed E-state index contributed by atoms with van der Waals surface area (Å²) in [5.74, 6) is 0.102. The zero-order valence-electron chi connectivity index (χ0n) is 12.0. The summed E-state index contributed by atoms with van der Waals surface area (Å²) in [5.41, 5.74) is 2.07. The van der Waals surface area contributed by atoms with Gasteiger partial charge in [-0.3, -0.25) is 4.79 Å². The second-order valence-corrected chi connectivity index (χ2v) is 5.35. The lowest BCUT2D eigenvalue weighted by atomic mass is 10.1. The molecule has 0 saturated carbocycles. The Bertz CT molecular complexity index is 588. The van der Waals surface area contributed by atoms with Gasteiger partial charge in [0.15, 0.2) is 0 Å². The van der Waals surface area contributed by atoms with Gasteiger partial charge >= 0.3 is 0 Å². The molecule has 0 spiro atoms. The summed E-state index contributed by atoms with van der Waals surface area (Å²) in [6.45, 7) is 1.56. The largest absolute Gasteiger partial charge is 0.352 e. The van der Waals surface area contributed by atoms with E-state index in [1.807, 2.05) is 41.2 Å². The lowest BCUT2D eigenvalue weighted by Crippen LogP contribution is -2.31. The minimum atomic E-state index is 0.102. The number of nitrogens with one attached hydrogen (secondary N) is 2. The van der Waals surface area contributed by atoms with Crippen molar-refractivity contribution in [2.45, 2.75) is 31.8 Å². The monoisotopic (exact) mass is 284 g/mol. The molecule has 110 valence electrons. The van der Waals surface area contributed by atoms with Crippen molar-refractivity contribution < 1.29 is 4.79 Å². The van der Waals surface area contributed by atoms with E-state index >= 15 is 0 Å². The molecule has 1 atom stereocenters. The Morgan fingerprint density at radius 3 is 3.05 bits per heavy atom. The van der Waals surface area contributed by atoms with Gasteiger partial charge in [-0.05, 0) is 37.1 Å². The molecule has 1 amide bonds. The molecule has 1 aliphatic heterocycles. The van der Waals surface area contributed by atoms with Crippen molar-refractivity contribution >= 4 is 5.91 Å². The Morgan fingerprint density at radius 2 is 2.29 bits per heavy atom. The van der Waals surface area contributed by atoms with Gasteiger partial charge in [-0.25, -0.2) is 4.68 Å². The first-order valence-electron chi connectivity index (χ1n) is 7.41. The number of hydrogen-bond acceptors (Lipinski definition) is 3. The molecule has 2 heterocycles. The molecule has 1 unspecified atom stereocenters. The molecule has 1 fully saturated rings. The highest BCUT2D eigenvalue weighted by molar-refractivity contribution is 5.76. The van der Waals surface area contributed by atoms with Crippen LogP contribution < -0.4 is 10.6 Å². The minimum Gasteiger partial charge on any atom is -0.352 e. The fourth-order valence-electron chi connectivity index (χ4n) is 2.72. The van der Waals surface area contributed by atoms with Gasteiger partial charge in [0, 0.05) is 31.4 Å². The molecule has 0 bridgehead atoms. The second kappa shape index (κ2) is 6.54. The van der Waals surface area contributed by atoms with Crippen LogP contribution in [0.2, 0.25) is 0 Å². The van der Waals surface area contributed by atoms with Crippen molar-refractivity contribution in [2.75, 3.05) is 6.54 Å². The molecule has 1 aliphatic rings. The highest BCUT2D eigenvalue weighted by Gasteiger charge is 2.17. The van der Waals surface area contributed by atoms with Crippen LogP contribution in [0.4, 0.5) is 0 Å². The molecule has 5 heteroatoms. The van der Waals surface area contributed by atoms with E-state index in [-0.39, 0.29) is 5.91 Å². The lowest BCUT2D eigenvalue weighted by Gasteiger charge is -2.13. The van der Waals surface area contributed by atoms with Gasteiger partial charge in [0.25, 0.3) is 0 Å². The van der Waals surface area contributed by atoms with Crippen LogP contribution in [0, 0.1) is 0 Å². The summed E-state index contributed by atoms with van der Waals surface area (Å²) in [4.78, 5) is 12.0. The predicted octanol–water partition coefficient (Wildman–Crippen LogP) is 1.63. The molecule has 2 N–H and O–H groups in total. The molecule has 0 aliphatic carbocycles. The fourth-order valence-corrected chi connectivity index (χ4v) is 2.72. The maximum atomic E-state index is 12.0. The smallest absolute Gasteiger partial charge is 0.221 e. The molecule has 1 aromatic heterocycles. The number of carbonyl (C=O) groups excluding carboxylic acids is 1. The quantitative estimate of drug-likeness (QED) is 0.877. The molecular weight excluding hydrogens is 264 g/mol. The number of para-hydroxylation sites is 1. The van der Waals surface area contributed by atoms with Crippen molar-refractivity contribution in [3.8, 4) is 5.69 Å². The van der Waals surface area contributed by atoms with E-state index in [0.717, 1.165) is 24.2 Å². The zero-order valence-corrected chi connectivity index (χ0v) is 12.0. The van der Waals surface area contributed by atoms with Crippen molar-refractivity contribution in [3.63, 3.8) is 0 Å². The molecular formula is C16H20N4O. The number of carbonyl (C=O) groups is 1. The summed E-state index contributed by atoms with van der Waals surface area (Å²) in [6, 6.07) is 10.2. The molecule has 1 aromatic carbocycles. The van der Waals surface area contributed by atoms with Gasteiger partial charge in [-0.2, -0.15) is 5.10 Å². The fraction of sp³-hybridized carbons (Fsp3) is 0.375. The first-order valence-corrected chi connectivity index (χ1v) is 7.41. The van der Waals surface area contributed by atoms with Crippen LogP contribution in [0.15, 0.2) is 42.7 Å². The molecule has 0 radical (unpaired) electrons. The number of rotatable bonds is 5. The lowest BCUT2D eigenvalue weighted by molar-refractivity contribution is -0.121. The molecule has 21 heavy (non-hydrogen) atoms. The Hall–Kier alpha value is -2.14. The van der Waals surface area contributed by atoms with Crippen molar-refractivity contribution in [1.82, 2.24) is 20.4 Å². The Balaban J connectivity index is 1.61. The molecule has 2 aromatic rings. The highest BCUT2D eigenvalue weighted by Crippen LogP contribution is 2.13. The standard InChI is InChI=1S/C16H20N4O/c21-16(11-14-6-3-8-17-14)18-12-13-5-1-2-7-15(13)20-10-4-9-19-20/h1-2,4-5,7,9-10,14,17H,3,6,8,11-12H2,(H,18,21). The third-order valence-corrected chi connectivity index (χ3v) is 3.81. The van der Waals surface area contributed by atoms with Crippen LogP contribution in [0.1, 0.15) is 24.8 Å². The van der Waals surface area contributed by atoms with Crippen LogP contribution in [0.5, 0.6) is 0 Å². The van der Waals surface area contributed by atoms with E-state index < -0.39 is 0 Å². The first-order chi connectivity index (χ1) is 10.3. The van der Waals surface area contributed by atoms with E-state index in [4.69, 9.17) is 0 Å². The van der Waals surface area contributed by atoms with Crippen LogP contribution in [0.25, 0.3) is 5.69 Å². The summed E-state index contributed by atoms with van der Waals surface area (Å²) in [7, 11) is 0. The zero-order chi connectivity index (χ0) is 14.5. The minimum absolute atomic E-state index is 0.102. The number of amides is 1. The van der Waals surface area contributed by atoms with Crippen LogP contribution >= 0.6 is 0 Å². The van der Waals surface area contributed by atoms with Crippen molar-refractivity contribution in [3.05, 3.63) is 48.3 Å². The van der Waals surface area contributed by atoms with E-state index in [1.165, 1.54) is 6.42 Å². The predicted molar refractivity (Wildman–Crippen MR) is 81.1 cm³/mol. The Morgan fingerprint density at radius 1 is 1.38 bits per heavy atom. The van der Waals surface area contributed by atoms with E-state index in [2.05, 4.69) is 15.7 Å². The number of aromatic nitrogens is 2. The molecule has 1 saturated heterocycles.